The summed E-state index contributed by atoms with van der Waals surface area (Å²) in [6.45, 7) is 0. The third kappa shape index (κ3) is 4.65. The summed E-state index contributed by atoms with van der Waals surface area (Å²) in [7, 11) is 0. The average molecular weight is 268 g/mol. The Kier molecular flexibility index (Phi) is 4.14. The van der Waals surface area contributed by atoms with Gasteiger partial charge < -0.3 is 0 Å². The van der Waals surface area contributed by atoms with Crippen LogP contribution in [0.5, 0.6) is 0 Å². The van der Waals surface area contributed by atoms with Crippen LogP contribution in [0.4, 0.5) is 5.69 Å². The van der Waals surface area contributed by atoms with Crippen LogP contribution < -0.4 is 0 Å². The summed E-state index contributed by atoms with van der Waals surface area (Å²) in [5.41, 5.74) is 0.848. The molecule has 0 fully saturated rings. The number of non-ortho nitro benzene ring substituents is 1. The molecule has 0 heterocycles. The Morgan fingerprint density at radius 3 is 2.20 bits per heavy atom. The molecule has 0 aliphatic rings. The van der Waals surface area contributed by atoms with Crippen LogP contribution in [0.2, 0.25) is 0 Å². The number of nitro groups is 1. The highest BCUT2D eigenvalue weighted by atomic mass is 35.9. The van der Waals surface area contributed by atoms with Crippen molar-refractivity contribution in [3.63, 3.8) is 0 Å². The smallest absolute Gasteiger partial charge is 0.269 e. The van der Waals surface area contributed by atoms with Crippen molar-refractivity contribution in [1.82, 2.24) is 0 Å². The number of halogens is 2. The van der Waals surface area contributed by atoms with Gasteiger partial charge in [0, 0.05) is 18.3 Å². The fraction of sp³-hybridized carbons (Fsp3) is 0.250. The normalized spacial score (nSPS) is 11.3. The van der Waals surface area contributed by atoms with E-state index in [1.807, 2.05) is 0 Å². The maximum absolute atomic E-state index is 11.0. The number of rotatable bonds is 4. The fourth-order valence-corrected chi connectivity index (χ4v) is 2.07. The van der Waals surface area contributed by atoms with E-state index in [2.05, 4.69) is 0 Å². The van der Waals surface area contributed by atoms with Gasteiger partial charge in [0.2, 0.25) is 0 Å². The molecule has 0 N–H and O–H groups in total. The first-order chi connectivity index (χ1) is 6.88. The van der Waals surface area contributed by atoms with E-state index in [1.165, 1.54) is 12.1 Å². The molecule has 7 heteroatoms. The highest BCUT2D eigenvalue weighted by molar-refractivity contribution is 8.08. The lowest BCUT2D eigenvalue weighted by atomic mass is 10.1. The number of nitrogens with zero attached hydrogens (tertiary/aromatic N) is 1. The second-order valence-corrected chi connectivity index (χ2v) is 8.35. The van der Waals surface area contributed by atoms with Crippen LogP contribution >= 0.6 is 28.3 Å². The molecule has 0 aliphatic heterocycles. The standard InChI is InChI=1S/C8H8Cl2NO3P/c9-15(10,14)6-5-7-1-3-8(4-2-7)11(12)13/h1-4H,5-6H2. The number of aryl methyl sites for hydroxylation is 1. The molecule has 0 unspecified atom stereocenters. The molecule has 0 spiro atoms. The van der Waals surface area contributed by atoms with Crippen LogP contribution in [-0.2, 0) is 11.0 Å². The molecule has 0 amide bonds. The highest BCUT2D eigenvalue weighted by Gasteiger charge is 2.13. The third-order valence-corrected chi connectivity index (χ3v) is 3.57. The van der Waals surface area contributed by atoms with Crippen LogP contribution in [0, 0.1) is 10.1 Å². The van der Waals surface area contributed by atoms with Crippen molar-refractivity contribution in [2.75, 3.05) is 6.16 Å². The predicted octanol–water partition coefficient (Wildman–Crippen LogP) is 3.81. The zero-order valence-corrected chi connectivity index (χ0v) is 10.0. The van der Waals surface area contributed by atoms with Crippen molar-refractivity contribution >= 4 is 34.0 Å². The molecule has 0 bridgehead atoms. The molecule has 0 saturated heterocycles. The van der Waals surface area contributed by atoms with Gasteiger partial charge in [0.25, 0.3) is 11.5 Å². The first-order valence-electron chi connectivity index (χ1n) is 4.10. The van der Waals surface area contributed by atoms with Crippen LogP contribution in [0.25, 0.3) is 0 Å². The van der Waals surface area contributed by atoms with Crippen molar-refractivity contribution in [2.24, 2.45) is 0 Å². The average Bonchev–Trinajstić information content (AvgIpc) is 2.14. The van der Waals surface area contributed by atoms with Crippen LogP contribution in [0.1, 0.15) is 5.56 Å². The highest BCUT2D eigenvalue weighted by Crippen LogP contribution is 2.56. The van der Waals surface area contributed by atoms with E-state index >= 15 is 0 Å². The van der Waals surface area contributed by atoms with Gasteiger partial charge in [-0.05, 0) is 34.5 Å². The van der Waals surface area contributed by atoms with Gasteiger partial charge in [-0.15, -0.1) is 0 Å². The lowest BCUT2D eigenvalue weighted by molar-refractivity contribution is -0.384. The van der Waals surface area contributed by atoms with E-state index in [0.717, 1.165) is 5.56 Å². The molecule has 1 aromatic carbocycles. The Labute approximate surface area is 96.3 Å². The summed E-state index contributed by atoms with van der Waals surface area (Å²) in [5.74, 6) is -3.05. The van der Waals surface area contributed by atoms with Gasteiger partial charge in [-0.3, -0.25) is 14.7 Å². The Morgan fingerprint density at radius 1 is 1.27 bits per heavy atom. The molecule has 15 heavy (non-hydrogen) atoms. The summed E-state index contributed by atoms with van der Waals surface area (Å²) in [6, 6.07) is 5.98. The largest absolute Gasteiger partial charge is 0.289 e. The van der Waals surface area contributed by atoms with Crippen molar-refractivity contribution in [2.45, 2.75) is 6.42 Å². The van der Waals surface area contributed by atoms with E-state index in [-0.39, 0.29) is 11.8 Å². The zero-order valence-electron chi connectivity index (χ0n) is 7.60. The van der Waals surface area contributed by atoms with E-state index in [9.17, 15) is 14.7 Å². The molecule has 0 aliphatic carbocycles. The lowest BCUT2D eigenvalue weighted by Gasteiger charge is -2.01. The molecule has 0 aromatic heterocycles. The van der Waals surface area contributed by atoms with Crippen LogP contribution in [0.15, 0.2) is 24.3 Å². The lowest BCUT2D eigenvalue weighted by Crippen LogP contribution is -1.91. The summed E-state index contributed by atoms with van der Waals surface area (Å²) in [4.78, 5) is 9.87. The van der Waals surface area contributed by atoms with Gasteiger partial charge in [-0.2, -0.15) is 0 Å². The van der Waals surface area contributed by atoms with Crippen molar-refractivity contribution in [3.8, 4) is 0 Å². The second kappa shape index (κ2) is 4.97. The maximum atomic E-state index is 11.0. The Morgan fingerprint density at radius 2 is 1.80 bits per heavy atom. The van der Waals surface area contributed by atoms with E-state index in [1.54, 1.807) is 12.1 Å². The van der Waals surface area contributed by atoms with Gasteiger partial charge in [0.1, 0.15) is 0 Å². The summed E-state index contributed by atoms with van der Waals surface area (Å²) < 4.78 is 11.0. The Bertz CT molecular complexity index is 401. The first-order valence-corrected chi connectivity index (χ1v) is 7.80. The van der Waals surface area contributed by atoms with Gasteiger partial charge >= 0.3 is 0 Å². The molecule has 4 nitrogen and oxygen atoms in total. The summed E-state index contributed by atoms with van der Waals surface area (Å²) in [6.07, 6.45) is 0.621. The monoisotopic (exact) mass is 267 g/mol. The molecular formula is C8H8Cl2NO3P. The minimum Gasteiger partial charge on any atom is -0.289 e. The maximum Gasteiger partial charge on any atom is 0.269 e. The number of benzene rings is 1. The van der Waals surface area contributed by atoms with Gasteiger partial charge in [0.05, 0.1) is 4.92 Å². The number of nitro benzene ring substituents is 1. The quantitative estimate of drug-likeness (QED) is 0.474. The first kappa shape index (κ1) is 12.5. The summed E-state index contributed by atoms with van der Waals surface area (Å²) >= 11 is 10.8. The Hall–Kier alpha value is -0.570. The molecule has 1 aromatic rings. The fourth-order valence-electron chi connectivity index (χ4n) is 1.04. The number of hydrogen-bond donors (Lipinski definition) is 0. The van der Waals surface area contributed by atoms with E-state index < -0.39 is 10.8 Å². The number of hydrogen-bond acceptors (Lipinski definition) is 3. The minimum atomic E-state index is -3.05. The predicted molar refractivity (Wildman–Crippen MR) is 61.0 cm³/mol. The van der Waals surface area contributed by atoms with Crippen molar-refractivity contribution in [1.29, 1.82) is 0 Å². The molecule has 1 rings (SSSR count). The molecule has 82 valence electrons. The van der Waals surface area contributed by atoms with Gasteiger partial charge in [0.15, 0.2) is 0 Å². The third-order valence-electron chi connectivity index (χ3n) is 1.81. The van der Waals surface area contributed by atoms with E-state index in [0.29, 0.717) is 6.42 Å². The molecule has 0 atom stereocenters. The van der Waals surface area contributed by atoms with Crippen molar-refractivity contribution in [3.05, 3.63) is 39.9 Å². The van der Waals surface area contributed by atoms with Crippen LogP contribution in [0.3, 0.4) is 0 Å². The molecular weight excluding hydrogens is 260 g/mol. The van der Waals surface area contributed by atoms with Crippen LogP contribution in [-0.4, -0.2) is 11.1 Å². The van der Waals surface area contributed by atoms with Gasteiger partial charge in [-0.1, -0.05) is 12.1 Å². The molecule has 0 radical (unpaired) electrons. The van der Waals surface area contributed by atoms with E-state index in [4.69, 9.17) is 22.5 Å². The topological polar surface area (TPSA) is 60.2 Å². The summed E-state index contributed by atoms with van der Waals surface area (Å²) in [5, 5.41) is 10.3. The molecule has 0 saturated carbocycles. The second-order valence-electron chi connectivity index (χ2n) is 2.97. The Balaban J connectivity index is 2.65. The SMILES string of the molecule is O=[N+]([O-])c1ccc(CCP(=O)(Cl)Cl)cc1. The zero-order chi connectivity index (χ0) is 11.5. The van der Waals surface area contributed by atoms with Gasteiger partial charge in [-0.25, -0.2) is 0 Å². The van der Waals surface area contributed by atoms with Crippen molar-refractivity contribution < 1.29 is 9.49 Å². The minimum absolute atomic E-state index is 0.0266.